The van der Waals surface area contributed by atoms with E-state index in [0.717, 1.165) is 19.0 Å². The zero-order valence-corrected chi connectivity index (χ0v) is 13.2. The summed E-state index contributed by atoms with van der Waals surface area (Å²) in [6, 6.07) is 0. The molecule has 2 aliphatic rings. The summed E-state index contributed by atoms with van der Waals surface area (Å²) in [6.45, 7) is 11.4. The number of thioether (sulfide) groups is 1. The SMILES string of the molecule is CCC1(CC)CN=C(NCC2(C(C)C)CC2)SC1. The van der Waals surface area contributed by atoms with E-state index in [1.807, 2.05) is 11.8 Å². The van der Waals surface area contributed by atoms with Gasteiger partial charge in [0.05, 0.1) is 0 Å². The van der Waals surface area contributed by atoms with Crippen molar-refractivity contribution in [2.24, 2.45) is 21.7 Å². The number of amidine groups is 1. The van der Waals surface area contributed by atoms with Crippen LogP contribution in [0, 0.1) is 16.7 Å². The van der Waals surface area contributed by atoms with Crippen LogP contribution in [0.2, 0.25) is 0 Å². The molecule has 18 heavy (non-hydrogen) atoms. The molecule has 1 heterocycles. The summed E-state index contributed by atoms with van der Waals surface area (Å²) in [4.78, 5) is 4.78. The molecule has 0 atom stereocenters. The Labute approximate surface area is 116 Å². The molecule has 0 radical (unpaired) electrons. The van der Waals surface area contributed by atoms with Gasteiger partial charge >= 0.3 is 0 Å². The van der Waals surface area contributed by atoms with Crippen molar-refractivity contribution in [2.45, 2.75) is 53.4 Å². The fourth-order valence-corrected chi connectivity index (χ4v) is 3.98. The number of hydrogen-bond acceptors (Lipinski definition) is 3. The number of hydrogen-bond donors (Lipinski definition) is 1. The van der Waals surface area contributed by atoms with Crippen LogP contribution in [0.4, 0.5) is 0 Å². The first-order valence-electron chi connectivity index (χ1n) is 7.47. The summed E-state index contributed by atoms with van der Waals surface area (Å²) in [5.74, 6) is 2.03. The molecule has 0 bridgehead atoms. The quantitative estimate of drug-likeness (QED) is 0.817. The predicted octanol–water partition coefficient (Wildman–Crippen LogP) is 3.92. The Morgan fingerprint density at radius 1 is 1.28 bits per heavy atom. The van der Waals surface area contributed by atoms with Gasteiger partial charge in [0.25, 0.3) is 0 Å². The molecule has 1 N–H and O–H groups in total. The molecule has 104 valence electrons. The van der Waals surface area contributed by atoms with E-state index in [-0.39, 0.29) is 0 Å². The molecule has 1 fully saturated rings. The normalized spacial score (nSPS) is 24.8. The summed E-state index contributed by atoms with van der Waals surface area (Å²) < 4.78 is 0. The van der Waals surface area contributed by atoms with Crippen LogP contribution in [0.5, 0.6) is 0 Å². The van der Waals surface area contributed by atoms with Gasteiger partial charge in [0.2, 0.25) is 0 Å². The molecular formula is C15H28N2S. The maximum atomic E-state index is 4.78. The van der Waals surface area contributed by atoms with Gasteiger partial charge in [0.15, 0.2) is 5.17 Å². The molecular weight excluding hydrogens is 240 g/mol. The van der Waals surface area contributed by atoms with E-state index in [1.54, 1.807) is 0 Å². The maximum absolute atomic E-state index is 4.78. The second-order valence-electron chi connectivity index (χ2n) is 6.49. The first-order valence-corrected chi connectivity index (χ1v) is 8.45. The van der Waals surface area contributed by atoms with E-state index in [4.69, 9.17) is 4.99 Å². The van der Waals surface area contributed by atoms with Crippen LogP contribution in [-0.2, 0) is 0 Å². The van der Waals surface area contributed by atoms with E-state index in [1.165, 1.54) is 36.6 Å². The first kappa shape index (κ1) is 14.2. The third-order valence-electron chi connectivity index (χ3n) is 5.28. The Morgan fingerprint density at radius 3 is 2.33 bits per heavy atom. The molecule has 2 nitrogen and oxygen atoms in total. The van der Waals surface area contributed by atoms with E-state index >= 15 is 0 Å². The minimum atomic E-state index is 0.463. The highest BCUT2D eigenvalue weighted by molar-refractivity contribution is 8.13. The Bertz CT molecular complexity index is 314. The molecule has 0 aromatic rings. The Kier molecular flexibility index (Phi) is 4.30. The van der Waals surface area contributed by atoms with Gasteiger partial charge < -0.3 is 5.32 Å². The standard InChI is InChI=1S/C15H28N2S/c1-5-14(6-2)9-16-13(18-11-14)17-10-15(7-8-15)12(3)4/h12H,5-11H2,1-4H3,(H,16,17). The monoisotopic (exact) mass is 268 g/mol. The van der Waals surface area contributed by atoms with Gasteiger partial charge in [-0.25, -0.2) is 0 Å². The maximum Gasteiger partial charge on any atom is 0.156 e. The van der Waals surface area contributed by atoms with E-state index in [9.17, 15) is 0 Å². The molecule has 0 amide bonds. The number of rotatable bonds is 5. The molecule has 1 aliphatic carbocycles. The summed E-state index contributed by atoms with van der Waals surface area (Å²) in [5, 5.41) is 4.80. The van der Waals surface area contributed by atoms with Crippen molar-refractivity contribution in [3.05, 3.63) is 0 Å². The fourth-order valence-electron chi connectivity index (χ4n) is 2.71. The van der Waals surface area contributed by atoms with Crippen LogP contribution in [0.3, 0.4) is 0 Å². The second-order valence-corrected chi connectivity index (χ2v) is 7.45. The third kappa shape index (κ3) is 2.87. The Morgan fingerprint density at radius 2 is 1.94 bits per heavy atom. The van der Waals surface area contributed by atoms with Gasteiger partial charge in [-0.05, 0) is 42.4 Å². The van der Waals surface area contributed by atoms with Crippen LogP contribution in [0.15, 0.2) is 4.99 Å². The molecule has 1 saturated carbocycles. The van der Waals surface area contributed by atoms with Crippen molar-refractivity contribution in [3.63, 3.8) is 0 Å². The highest BCUT2D eigenvalue weighted by Crippen LogP contribution is 2.51. The third-order valence-corrected chi connectivity index (χ3v) is 6.59. The first-order chi connectivity index (χ1) is 8.56. The lowest BCUT2D eigenvalue weighted by atomic mass is 9.84. The average molecular weight is 268 g/mol. The highest BCUT2D eigenvalue weighted by atomic mass is 32.2. The lowest BCUT2D eigenvalue weighted by Crippen LogP contribution is -2.37. The molecule has 1 aliphatic heterocycles. The summed E-state index contributed by atoms with van der Waals surface area (Å²) in [7, 11) is 0. The van der Waals surface area contributed by atoms with Gasteiger partial charge in [0, 0.05) is 18.8 Å². The van der Waals surface area contributed by atoms with Crippen molar-refractivity contribution in [1.29, 1.82) is 0 Å². The molecule has 3 heteroatoms. The molecule has 0 aromatic carbocycles. The topological polar surface area (TPSA) is 24.4 Å². The summed E-state index contributed by atoms with van der Waals surface area (Å²) in [5.41, 5.74) is 1.04. The Balaban J connectivity index is 1.84. The van der Waals surface area contributed by atoms with Gasteiger partial charge in [-0.1, -0.05) is 39.5 Å². The minimum Gasteiger partial charge on any atom is -0.364 e. The molecule has 0 aromatic heterocycles. The number of nitrogens with one attached hydrogen (secondary N) is 1. The van der Waals surface area contributed by atoms with E-state index in [0.29, 0.717) is 10.8 Å². The van der Waals surface area contributed by atoms with E-state index in [2.05, 4.69) is 33.0 Å². The zero-order valence-electron chi connectivity index (χ0n) is 12.4. The van der Waals surface area contributed by atoms with Crippen molar-refractivity contribution in [3.8, 4) is 0 Å². The predicted molar refractivity (Wildman–Crippen MR) is 82.3 cm³/mol. The van der Waals surface area contributed by atoms with Crippen LogP contribution in [0.25, 0.3) is 0 Å². The van der Waals surface area contributed by atoms with Gasteiger partial charge in [-0.3, -0.25) is 4.99 Å². The zero-order chi connectivity index (χ0) is 13.2. The van der Waals surface area contributed by atoms with Crippen LogP contribution in [0.1, 0.15) is 53.4 Å². The van der Waals surface area contributed by atoms with Crippen molar-refractivity contribution in [2.75, 3.05) is 18.8 Å². The lowest BCUT2D eigenvalue weighted by molar-refractivity contribution is 0.317. The number of aliphatic imine (C=N–C) groups is 1. The van der Waals surface area contributed by atoms with Crippen molar-refractivity contribution < 1.29 is 0 Å². The smallest absolute Gasteiger partial charge is 0.156 e. The van der Waals surface area contributed by atoms with Gasteiger partial charge in [0.1, 0.15) is 0 Å². The summed E-state index contributed by atoms with van der Waals surface area (Å²) in [6.07, 6.45) is 5.29. The Hall–Kier alpha value is -0.180. The highest BCUT2D eigenvalue weighted by Gasteiger charge is 2.45. The van der Waals surface area contributed by atoms with Gasteiger partial charge in [-0.15, -0.1) is 0 Å². The molecule has 0 saturated heterocycles. The van der Waals surface area contributed by atoms with Crippen molar-refractivity contribution >= 4 is 16.9 Å². The molecule has 0 spiro atoms. The van der Waals surface area contributed by atoms with E-state index < -0.39 is 0 Å². The van der Waals surface area contributed by atoms with Crippen LogP contribution >= 0.6 is 11.8 Å². The minimum absolute atomic E-state index is 0.463. The second kappa shape index (κ2) is 5.44. The van der Waals surface area contributed by atoms with Crippen LogP contribution in [-0.4, -0.2) is 24.0 Å². The molecule has 0 unspecified atom stereocenters. The molecule has 2 rings (SSSR count). The summed E-state index contributed by atoms with van der Waals surface area (Å²) >= 11 is 1.94. The number of nitrogens with zero attached hydrogens (tertiary/aromatic N) is 1. The fraction of sp³-hybridized carbons (Fsp3) is 0.933. The lowest BCUT2D eigenvalue weighted by Gasteiger charge is -2.34. The van der Waals surface area contributed by atoms with Crippen LogP contribution < -0.4 is 5.32 Å². The largest absolute Gasteiger partial charge is 0.364 e. The van der Waals surface area contributed by atoms with Crippen molar-refractivity contribution in [1.82, 2.24) is 5.32 Å². The average Bonchev–Trinajstić information content (AvgIpc) is 3.18. The van der Waals surface area contributed by atoms with Gasteiger partial charge in [-0.2, -0.15) is 0 Å².